The van der Waals surface area contributed by atoms with Crippen molar-refractivity contribution in [2.75, 3.05) is 13.1 Å². The van der Waals surface area contributed by atoms with Gasteiger partial charge in [-0.25, -0.2) is 13.4 Å². The number of nitrogens with one attached hydrogen (secondary N) is 2. The Bertz CT molecular complexity index is 1210. The fraction of sp³-hybridized carbons (Fsp3) is 0.300. The van der Waals surface area contributed by atoms with Gasteiger partial charge in [-0.15, -0.1) is 0 Å². The molecule has 1 aliphatic heterocycles. The van der Waals surface area contributed by atoms with Crippen molar-refractivity contribution in [1.29, 1.82) is 5.26 Å². The molecule has 154 valence electrons. The minimum Gasteiger partial charge on any atom is -0.348 e. The summed E-state index contributed by atoms with van der Waals surface area (Å²) in [4.78, 5) is 16.7. The van der Waals surface area contributed by atoms with Crippen molar-refractivity contribution in [3.05, 3.63) is 53.9 Å². The number of piperidine rings is 1. The van der Waals surface area contributed by atoms with Gasteiger partial charge in [0.25, 0.3) is 5.91 Å². The minimum atomic E-state index is -3.58. The molecule has 0 aliphatic carbocycles. The molecule has 9 nitrogen and oxygen atoms in total. The summed E-state index contributed by atoms with van der Waals surface area (Å²) in [6.45, 7) is 0.969. The molecule has 2 N–H and O–H groups in total. The second kappa shape index (κ2) is 8.22. The first-order valence-electron chi connectivity index (χ1n) is 9.53. The van der Waals surface area contributed by atoms with Crippen LogP contribution in [0.15, 0.2) is 47.6 Å². The Morgan fingerprint density at radius 2 is 1.97 bits per heavy atom. The standard InChI is InChI=1S/C20H20N6O3S/c21-10-14-5-7-26(8-6-14)30(28,29)18-3-1-15(2-4-18)11-23-20(27)17-9-16-13-24-25-19(16)22-12-17/h1-4,9,12-14H,5-8,11H2,(H,23,27)(H,22,24,25). The zero-order chi connectivity index (χ0) is 21.1. The van der Waals surface area contributed by atoms with Gasteiger partial charge in [-0.05, 0) is 36.6 Å². The first-order chi connectivity index (χ1) is 14.5. The summed E-state index contributed by atoms with van der Waals surface area (Å²) in [5, 5.41) is 19.1. The second-order valence-corrected chi connectivity index (χ2v) is 9.10. The highest BCUT2D eigenvalue weighted by molar-refractivity contribution is 7.89. The van der Waals surface area contributed by atoms with Crippen LogP contribution in [0.3, 0.4) is 0 Å². The lowest BCUT2D eigenvalue weighted by Crippen LogP contribution is -2.38. The first kappa shape index (κ1) is 20.0. The number of nitrogens with zero attached hydrogens (tertiary/aromatic N) is 4. The highest BCUT2D eigenvalue weighted by Gasteiger charge is 2.29. The fourth-order valence-corrected chi connectivity index (χ4v) is 4.87. The lowest BCUT2D eigenvalue weighted by Gasteiger charge is -2.28. The third kappa shape index (κ3) is 4.03. The summed E-state index contributed by atoms with van der Waals surface area (Å²) in [5.74, 6) is -0.352. The number of H-pyrrole nitrogens is 1. The maximum Gasteiger partial charge on any atom is 0.253 e. The monoisotopic (exact) mass is 424 g/mol. The van der Waals surface area contributed by atoms with Crippen LogP contribution in [0.1, 0.15) is 28.8 Å². The van der Waals surface area contributed by atoms with E-state index in [1.807, 2.05) is 0 Å². The molecule has 30 heavy (non-hydrogen) atoms. The van der Waals surface area contributed by atoms with E-state index in [9.17, 15) is 13.2 Å². The normalized spacial score (nSPS) is 15.7. The van der Waals surface area contributed by atoms with Crippen LogP contribution < -0.4 is 5.32 Å². The Kier molecular flexibility index (Phi) is 5.48. The van der Waals surface area contributed by atoms with Crippen molar-refractivity contribution in [3.63, 3.8) is 0 Å². The molecular weight excluding hydrogens is 404 g/mol. The van der Waals surface area contributed by atoms with Gasteiger partial charge in [-0.3, -0.25) is 9.89 Å². The van der Waals surface area contributed by atoms with E-state index in [1.165, 1.54) is 10.5 Å². The van der Waals surface area contributed by atoms with Crippen molar-refractivity contribution < 1.29 is 13.2 Å². The van der Waals surface area contributed by atoms with Crippen LogP contribution in [-0.2, 0) is 16.6 Å². The maximum absolute atomic E-state index is 12.8. The van der Waals surface area contributed by atoms with Gasteiger partial charge >= 0.3 is 0 Å². The number of amides is 1. The van der Waals surface area contributed by atoms with Gasteiger partial charge in [0, 0.05) is 37.1 Å². The van der Waals surface area contributed by atoms with E-state index >= 15 is 0 Å². The average Bonchev–Trinajstić information content (AvgIpc) is 3.25. The van der Waals surface area contributed by atoms with Gasteiger partial charge in [-0.2, -0.15) is 14.7 Å². The average molecular weight is 424 g/mol. The SMILES string of the molecule is N#CC1CCN(S(=O)(=O)c2ccc(CNC(=O)c3cnc4[nH]ncc4c3)cc2)CC1. The van der Waals surface area contributed by atoms with Crippen LogP contribution >= 0.6 is 0 Å². The summed E-state index contributed by atoms with van der Waals surface area (Å²) in [6, 6.07) is 10.4. The smallest absolute Gasteiger partial charge is 0.253 e. The minimum absolute atomic E-state index is 0.0770. The molecule has 0 spiro atoms. The number of aromatic amines is 1. The number of carbonyl (C=O) groups is 1. The number of pyridine rings is 1. The molecule has 1 amide bonds. The largest absolute Gasteiger partial charge is 0.348 e. The van der Waals surface area contributed by atoms with Crippen LogP contribution in [-0.4, -0.2) is 46.9 Å². The number of nitriles is 1. The highest BCUT2D eigenvalue weighted by Crippen LogP contribution is 2.23. The highest BCUT2D eigenvalue weighted by atomic mass is 32.2. The number of rotatable bonds is 5. The molecule has 0 unspecified atom stereocenters. The van der Waals surface area contributed by atoms with Crippen molar-refractivity contribution in [2.45, 2.75) is 24.3 Å². The molecule has 3 aromatic rings. The van der Waals surface area contributed by atoms with Gasteiger partial charge in [-0.1, -0.05) is 12.1 Å². The van der Waals surface area contributed by atoms with Crippen LogP contribution in [0.25, 0.3) is 11.0 Å². The lowest BCUT2D eigenvalue weighted by molar-refractivity contribution is 0.0950. The fourth-order valence-electron chi connectivity index (χ4n) is 3.40. The van der Waals surface area contributed by atoms with E-state index in [-0.39, 0.29) is 23.3 Å². The maximum atomic E-state index is 12.8. The van der Waals surface area contributed by atoms with E-state index in [2.05, 4.69) is 26.6 Å². The Morgan fingerprint density at radius 3 is 2.67 bits per heavy atom. The predicted molar refractivity (Wildman–Crippen MR) is 109 cm³/mol. The summed E-state index contributed by atoms with van der Waals surface area (Å²) >= 11 is 0. The van der Waals surface area contributed by atoms with Crippen molar-refractivity contribution in [2.24, 2.45) is 5.92 Å². The Balaban J connectivity index is 1.38. The zero-order valence-electron chi connectivity index (χ0n) is 16.1. The summed E-state index contributed by atoms with van der Waals surface area (Å²) in [7, 11) is -3.58. The molecule has 0 atom stereocenters. The quantitative estimate of drug-likeness (QED) is 0.642. The molecule has 10 heteroatoms. The van der Waals surface area contributed by atoms with E-state index in [0.29, 0.717) is 37.1 Å². The van der Waals surface area contributed by atoms with Gasteiger partial charge in [0.05, 0.1) is 22.7 Å². The second-order valence-electron chi connectivity index (χ2n) is 7.17. The third-order valence-electron chi connectivity index (χ3n) is 5.20. The molecule has 1 aliphatic rings. The summed E-state index contributed by atoms with van der Waals surface area (Å²) < 4.78 is 27.0. The van der Waals surface area contributed by atoms with Gasteiger partial charge in [0.2, 0.25) is 10.0 Å². The molecule has 0 bridgehead atoms. The number of carbonyl (C=O) groups excluding carboxylic acids is 1. The lowest BCUT2D eigenvalue weighted by atomic mass is 10.0. The zero-order valence-corrected chi connectivity index (χ0v) is 16.9. The van der Waals surface area contributed by atoms with E-state index in [0.717, 1.165) is 10.9 Å². The van der Waals surface area contributed by atoms with Gasteiger partial charge in [0.1, 0.15) is 0 Å². The number of fused-ring (bicyclic) bond motifs is 1. The summed E-state index contributed by atoms with van der Waals surface area (Å²) in [6.07, 6.45) is 4.18. The predicted octanol–water partition coefficient (Wildman–Crippen LogP) is 1.81. The molecular formula is C20H20N6O3S. The first-order valence-corrected chi connectivity index (χ1v) is 11.0. The Labute approximate surface area is 173 Å². The van der Waals surface area contributed by atoms with E-state index in [4.69, 9.17) is 5.26 Å². The van der Waals surface area contributed by atoms with E-state index < -0.39 is 10.0 Å². The number of aromatic nitrogens is 3. The third-order valence-corrected chi connectivity index (χ3v) is 7.12. The van der Waals surface area contributed by atoms with Crippen LogP contribution in [0, 0.1) is 17.2 Å². The molecule has 1 aromatic carbocycles. The molecule has 0 saturated carbocycles. The number of hydrogen-bond donors (Lipinski definition) is 2. The number of hydrogen-bond acceptors (Lipinski definition) is 6. The molecule has 2 aromatic heterocycles. The molecule has 4 rings (SSSR count). The Hall–Kier alpha value is -3.29. The summed E-state index contributed by atoms with van der Waals surface area (Å²) in [5.41, 5.74) is 1.81. The van der Waals surface area contributed by atoms with Gasteiger partial charge < -0.3 is 5.32 Å². The van der Waals surface area contributed by atoms with E-state index in [1.54, 1.807) is 36.5 Å². The van der Waals surface area contributed by atoms with Crippen LogP contribution in [0.4, 0.5) is 0 Å². The van der Waals surface area contributed by atoms with Gasteiger partial charge in [0.15, 0.2) is 5.65 Å². The number of sulfonamides is 1. The number of benzene rings is 1. The van der Waals surface area contributed by atoms with Crippen molar-refractivity contribution >= 4 is 27.0 Å². The van der Waals surface area contributed by atoms with Crippen LogP contribution in [0.5, 0.6) is 0 Å². The topological polar surface area (TPSA) is 132 Å². The van der Waals surface area contributed by atoms with Crippen LogP contribution in [0.2, 0.25) is 0 Å². The molecule has 1 fully saturated rings. The molecule has 3 heterocycles. The van der Waals surface area contributed by atoms with Crippen molar-refractivity contribution in [1.82, 2.24) is 24.8 Å². The molecule has 0 radical (unpaired) electrons. The van der Waals surface area contributed by atoms with Crippen molar-refractivity contribution in [3.8, 4) is 6.07 Å². The Morgan fingerprint density at radius 1 is 1.23 bits per heavy atom. The molecule has 1 saturated heterocycles.